The van der Waals surface area contributed by atoms with Gasteiger partial charge in [-0.2, -0.15) is 5.10 Å². The molecule has 0 saturated heterocycles. The van der Waals surface area contributed by atoms with Crippen molar-refractivity contribution in [2.24, 2.45) is 0 Å². The van der Waals surface area contributed by atoms with E-state index in [0.29, 0.717) is 41.0 Å². The van der Waals surface area contributed by atoms with Crippen molar-refractivity contribution < 1.29 is 14.3 Å². The standard InChI is InChI=1S/C18H15ClN4O3/c19-15-8-12(9-16-17(15)26-7-1-6-25-16)18(24)22-13-2-4-14(5-3-13)23-11-20-10-21-23/h2-5,8-11H,1,6-7H2,(H,22,24). The fourth-order valence-electron chi connectivity index (χ4n) is 2.60. The molecule has 0 spiro atoms. The number of benzene rings is 2. The van der Waals surface area contributed by atoms with Gasteiger partial charge in [0.15, 0.2) is 11.5 Å². The van der Waals surface area contributed by atoms with Gasteiger partial charge in [0.05, 0.1) is 23.9 Å². The van der Waals surface area contributed by atoms with Gasteiger partial charge >= 0.3 is 0 Å². The zero-order chi connectivity index (χ0) is 17.9. The van der Waals surface area contributed by atoms with Crippen molar-refractivity contribution in [1.82, 2.24) is 14.8 Å². The molecular formula is C18H15ClN4O3. The van der Waals surface area contributed by atoms with E-state index in [4.69, 9.17) is 21.1 Å². The Morgan fingerprint density at radius 3 is 2.73 bits per heavy atom. The topological polar surface area (TPSA) is 78.3 Å². The average Bonchev–Trinajstić information content (AvgIpc) is 3.07. The van der Waals surface area contributed by atoms with Crippen LogP contribution in [0.3, 0.4) is 0 Å². The summed E-state index contributed by atoms with van der Waals surface area (Å²) >= 11 is 6.24. The third kappa shape index (κ3) is 3.34. The van der Waals surface area contributed by atoms with Gasteiger partial charge in [-0.15, -0.1) is 0 Å². The van der Waals surface area contributed by atoms with E-state index in [1.807, 2.05) is 12.1 Å². The second-order valence-electron chi connectivity index (χ2n) is 5.68. The van der Waals surface area contributed by atoms with Crippen LogP contribution in [-0.4, -0.2) is 33.9 Å². The number of aromatic nitrogens is 3. The first kappa shape index (κ1) is 16.4. The molecule has 1 N–H and O–H groups in total. The first-order valence-corrected chi connectivity index (χ1v) is 8.44. The second kappa shape index (κ2) is 7.05. The largest absolute Gasteiger partial charge is 0.489 e. The molecule has 3 aromatic rings. The summed E-state index contributed by atoms with van der Waals surface area (Å²) in [7, 11) is 0. The normalized spacial score (nSPS) is 13.1. The number of fused-ring (bicyclic) bond motifs is 1. The quantitative estimate of drug-likeness (QED) is 0.765. The Bertz CT molecular complexity index is 926. The summed E-state index contributed by atoms with van der Waals surface area (Å²) in [6.45, 7) is 1.06. The van der Waals surface area contributed by atoms with E-state index in [1.165, 1.54) is 6.33 Å². The van der Waals surface area contributed by atoms with E-state index < -0.39 is 0 Å². The van der Waals surface area contributed by atoms with E-state index in [9.17, 15) is 4.79 Å². The molecule has 26 heavy (non-hydrogen) atoms. The highest BCUT2D eigenvalue weighted by Crippen LogP contribution is 2.38. The highest BCUT2D eigenvalue weighted by molar-refractivity contribution is 6.32. The highest BCUT2D eigenvalue weighted by Gasteiger charge is 2.18. The maximum atomic E-state index is 12.6. The van der Waals surface area contributed by atoms with Gasteiger partial charge in [0, 0.05) is 17.7 Å². The number of halogens is 1. The first-order valence-electron chi connectivity index (χ1n) is 8.06. The number of nitrogens with one attached hydrogen (secondary N) is 1. The molecule has 8 heteroatoms. The molecule has 0 saturated carbocycles. The van der Waals surface area contributed by atoms with Gasteiger partial charge in [0.1, 0.15) is 12.7 Å². The summed E-state index contributed by atoms with van der Waals surface area (Å²) in [6, 6.07) is 10.5. The number of hydrogen-bond acceptors (Lipinski definition) is 5. The summed E-state index contributed by atoms with van der Waals surface area (Å²) in [4.78, 5) is 16.5. The smallest absolute Gasteiger partial charge is 0.255 e. The lowest BCUT2D eigenvalue weighted by molar-refractivity contribution is 0.102. The number of rotatable bonds is 3. The van der Waals surface area contributed by atoms with Crippen LogP contribution in [0.1, 0.15) is 16.8 Å². The van der Waals surface area contributed by atoms with Crippen LogP contribution in [0, 0.1) is 0 Å². The molecule has 132 valence electrons. The third-order valence-electron chi connectivity index (χ3n) is 3.87. The highest BCUT2D eigenvalue weighted by atomic mass is 35.5. The van der Waals surface area contributed by atoms with Crippen LogP contribution < -0.4 is 14.8 Å². The lowest BCUT2D eigenvalue weighted by atomic mass is 10.1. The monoisotopic (exact) mass is 370 g/mol. The van der Waals surface area contributed by atoms with Gasteiger partial charge in [0.25, 0.3) is 5.91 Å². The van der Waals surface area contributed by atoms with Gasteiger partial charge in [-0.3, -0.25) is 4.79 Å². The third-order valence-corrected chi connectivity index (χ3v) is 4.15. The molecule has 0 radical (unpaired) electrons. The Labute approximate surface area is 154 Å². The van der Waals surface area contributed by atoms with Crippen LogP contribution in [0.5, 0.6) is 11.5 Å². The number of anilines is 1. The summed E-state index contributed by atoms with van der Waals surface area (Å²) in [5.74, 6) is 0.690. The molecule has 0 atom stereocenters. The van der Waals surface area contributed by atoms with Crippen LogP contribution >= 0.6 is 11.6 Å². The minimum atomic E-state index is -0.281. The molecule has 0 aliphatic carbocycles. The molecule has 0 fully saturated rings. The van der Waals surface area contributed by atoms with Crippen molar-refractivity contribution in [3.63, 3.8) is 0 Å². The molecule has 0 unspecified atom stereocenters. The number of ether oxygens (including phenoxy) is 2. The van der Waals surface area contributed by atoms with E-state index in [2.05, 4.69) is 15.4 Å². The number of carbonyl (C=O) groups excluding carboxylic acids is 1. The zero-order valence-electron chi connectivity index (χ0n) is 13.7. The predicted molar refractivity (Wildman–Crippen MR) is 96.4 cm³/mol. The molecule has 7 nitrogen and oxygen atoms in total. The zero-order valence-corrected chi connectivity index (χ0v) is 14.4. The summed E-state index contributed by atoms with van der Waals surface area (Å²) in [5, 5.41) is 7.26. The fourth-order valence-corrected chi connectivity index (χ4v) is 2.87. The van der Waals surface area contributed by atoms with Gasteiger partial charge in [-0.25, -0.2) is 9.67 Å². The number of nitrogens with zero attached hydrogens (tertiary/aromatic N) is 3. The number of amides is 1. The van der Waals surface area contributed by atoms with Crippen LogP contribution in [0.15, 0.2) is 49.1 Å². The Hall–Kier alpha value is -3.06. The maximum absolute atomic E-state index is 12.6. The lowest BCUT2D eigenvalue weighted by Gasteiger charge is -2.12. The molecule has 2 aromatic carbocycles. The van der Waals surface area contributed by atoms with Crippen LogP contribution in [0.4, 0.5) is 5.69 Å². The SMILES string of the molecule is O=C(Nc1ccc(-n2cncn2)cc1)c1cc(Cl)c2c(c1)OCCCO2. The minimum Gasteiger partial charge on any atom is -0.489 e. The van der Waals surface area contributed by atoms with E-state index >= 15 is 0 Å². The second-order valence-corrected chi connectivity index (χ2v) is 6.08. The van der Waals surface area contributed by atoms with Gasteiger partial charge < -0.3 is 14.8 Å². The van der Waals surface area contributed by atoms with E-state index in [1.54, 1.807) is 35.3 Å². The van der Waals surface area contributed by atoms with E-state index in [0.717, 1.165) is 12.1 Å². The summed E-state index contributed by atoms with van der Waals surface area (Å²) in [5.41, 5.74) is 1.90. The van der Waals surface area contributed by atoms with Crippen molar-refractivity contribution in [3.05, 3.63) is 59.6 Å². The van der Waals surface area contributed by atoms with Gasteiger partial charge in [-0.1, -0.05) is 11.6 Å². The first-order chi connectivity index (χ1) is 12.7. The van der Waals surface area contributed by atoms with Crippen molar-refractivity contribution in [3.8, 4) is 17.2 Å². The molecule has 1 aliphatic heterocycles. The lowest BCUT2D eigenvalue weighted by Crippen LogP contribution is -2.12. The minimum absolute atomic E-state index is 0.281. The molecule has 0 bridgehead atoms. The average molecular weight is 371 g/mol. The van der Waals surface area contributed by atoms with Crippen molar-refractivity contribution in [1.29, 1.82) is 0 Å². The van der Waals surface area contributed by atoms with Crippen LogP contribution in [0.2, 0.25) is 5.02 Å². The Morgan fingerprint density at radius 1 is 1.15 bits per heavy atom. The van der Waals surface area contributed by atoms with Crippen molar-refractivity contribution in [2.45, 2.75) is 6.42 Å². The van der Waals surface area contributed by atoms with Gasteiger partial charge in [-0.05, 0) is 36.4 Å². The number of hydrogen-bond donors (Lipinski definition) is 1. The fraction of sp³-hybridized carbons (Fsp3) is 0.167. The van der Waals surface area contributed by atoms with Crippen LogP contribution in [-0.2, 0) is 0 Å². The molecule has 1 amide bonds. The summed E-state index contributed by atoms with van der Waals surface area (Å²) in [6.07, 6.45) is 3.83. The van der Waals surface area contributed by atoms with Crippen molar-refractivity contribution in [2.75, 3.05) is 18.5 Å². The molecule has 2 heterocycles. The van der Waals surface area contributed by atoms with Crippen molar-refractivity contribution >= 4 is 23.2 Å². The number of carbonyl (C=O) groups is 1. The Kier molecular flexibility index (Phi) is 4.45. The van der Waals surface area contributed by atoms with E-state index in [-0.39, 0.29) is 5.91 Å². The molecule has 1 aliphatic rings. The van der Waals surface area contributed by atoms with Gasteiger partial charge in [0.2, 0.25) is 0 Å². The molecule has 4 rings (SSSR count). The Morgan fingerprint density at radius 2 is 1.96 bits per heavy atom. The predicted octanol–water partition coefficient (Wildman–Crippen LogP) is 3.33. The molecule has 1 aromatic heterocycles. The maximum Gasteiger partial charge on any atom is 0.255 e. The molecular weight excluding hydrogens is 356 g/mol. The van der Waals surface area contributed by atoms with Crippen LogP contribution in [0.25, 0.3) is 5.69 Å². The Balaban J connectivity index is 1.53. The summed E-state index contributed by atoms with van der Waals surface area (Å²) < 4.78 is 12.8.